The van der Waals surface area contributed by atoms with Gasteiger partial charge in [-0.05, 0) is 41.5 Å². The lowest BCUT2D eigenvalue weighted by molar-refractivity contribution is -0.143. The van der Waals surface area contributed by atoms with E-state index in [9.17, 15) is 24.6 Å². The van der Waals surface area contributed by atoms with Gasteiger partial charge in [0.25, 0.3) is 5.56 Å². The van der Waals surface area contributed by atoms with Crippen molar-refractivity contribution in [3.63, 3.8) is 0 Å². The number of hydrogen-bond acceptors (Lipinski definition) is 11. The van der Waals surface area contributed by atoms with Gasteiger partial charge < -0.3 is 29.2 Å². The van der Waals surface area contributed by atoms with E-state index in [1.54, 1.807) is 6.07 Å². The van der Waals surface area contributed by atoms with Gasteiger partial charge in [-0.15, -0.1) is 11.3 Å². The molecule has 0 bridgehead atoms. The van der Waals surface area contributed by atoms with Crippen LogP contribution in [0, 0.1) is 11.3 Å². The highest BCUT2D eigenvalue weighted by Gasteiger charge is 2.45. The number of rotatable bonds is 6. The van der Waals surface area contributed by atoms with Gasteiger partial charge >= 0.3 is 11.9 Å². The maximum atomic E-state index is 13.5. The summed E-state index contributed by atoms with van der Waals surface area (Å²) in [6.07, 6.45) is 1.52. The van der Waals surface area contributed by atoms with Gasteiger partial charge in [-0.1, -0.05) is 12.1 Å². The van der Waals surface area contributed by atoms with Crippen LogP contribution in [0.2, 0.25) is 0 Å². The summed E-state index contributed by atoms with van der Waals surface area (Å²) < 4.78 is 21.6. The maximum absolute atomic E-state index is 13.5. The summed E-state index contributed by atoms with van der Waals surface area (Å²) in [5, 5.41) is 28.8. The number of aromatic hydroxyl groups is 2. The molecule has 0 saturated carbocycles. The zero-order valence-electron chi connectivity index (χ0n) is 20.8. The number of ether oxygens (including phenoxy) is 4. The van der Waals surface area contributed by atoms with Gasteiger partial charge in [0.2, 0.25) is 0 Å². The van der Waals surface area contributed by atoms with Crippen molar-refractivity contribution in [3.8, 4) is 23.0 Å². The molecule has 2 atom stereocenters. The van der Waals surface area contributed by atoms with Gasteiger partial charge in [0.15, 0.2) is 23.0 Å². The summed E-state index contributed by atoms with van der Waals surface area (Å²) in [5.74, 6) is -4.47. The second kappa shape index (κ2) is 10.4. The molecule has 1 aliphatic rings. The minimum atomic E-state index is -1.38. The first-order valence-electron chi connectivity index (χ1n) is 11.1. The van der Waals surface area contributed by atoms with Gasteiger partial charge in [0.05, 0.1) is 38.5 Å². The number of carbonyl (C=O) groups excluding carboxylic acids is 2. The highest BCUT2D eigenvalue weighted by atomic mass is 32.1. The number of hydrogen-bond donors (Lipinski definition) is 3. The van der Waals surface area contributed by atoms with Crippen LogP contribution in [0.4, 0.5) is 0 Å². The van der Waals surface area contributed by atoms with Crippen molar-refractivity contribution < 1.29 is 38.7 Å². The molecule has 0 amide bonds. The lowest BCUT2D eigenvalue weighted by atomic mass is 9.78. The van der Waals surface area contributed by atoms with E-state index in [2.05, 4.69) is 0 Å². The molecule has 0 radical (unpaired) electrons. The molecule has 12 heteroatoms. The van der Waals surface area contributed by atoms with Gasteiger partial charge in [0, 0.05) is 5.92 Å². The summed E-state index contributed by atoms with van der Waals surface area (Å²) in [5.41, 5.74) is 0.225. The predicted octanol–water partition coefficient (Wildman–Crippen LogP) is 0.903. The number of methoxy groups -OCH3 is 4. The minimum absolute atomic E-state index is 0.0309. The number of nitrogens with one attached hydrogen (secondary N) is 1. The number of carbonyl (C=O) groups is 2. The Labute approximate surface area is 219 Å². The molecule has 1 aliphatic heterocycles. The van der Waals surface area contributed by atoms with Crippen LogP contribution in [-0.2, 0) is 19.1 Å². The van der Waals surface area contributed by atoms with Crippen LogP contribution < -0.4 is 24.2 Å². The van der Waals surface area contributed by atoms with Crippen molar-refractivity contribution in [2.75, 3.05) is 28.4 Å². The molecule has 3 aromatic rings. The molecule has 0 fully saturated rings. The van der Waals surface area contributed by atoms with Crippen molar-refractivity contribution in [1.82, 2.24) is 4.57 Å². The molecule has 2 unspecified atom stereocenters. The van der Waals surface area contributed by atoms with E-state index in [0.717, 1.165) is 23.0 Å². The molecule has 1 aromatic heterocycles. The molecule has 0 aliphatic carbocycles. The second-order valence-corrected chi connectivity index (χ2v) is 9.22. The molecule has 0 saturated heterocycles. The molecule has 2 aromatic carbocycles. The van der Waals surface area contributed by atoms with Crippen LogP contribution in [-0.4, -0.2) is 61.0 Å². The van der Waals surface area contributed by atoms with Crippen LogP contribution in [0.3, 0.4) is 0 Å². The highest BCUT2D eigenvalue weighted by Crippen LogP contribution is 2.40. The van der Waals surface area contributed by atoms with E-state index in [1.807, 2.05) is 0 Å². The lowest BCUT2D eigenvalue weighted by Crippen LogP contribution is -2.50. The monoisotopic (exact) mass is 540 g/mol. The van der Waals surface area contributed by atoms with E-state index >= 15 is 0 Å². The highest BCUT2D eigenvalue weighted by molar-refractivity contribution is 7.07. The number of esters is 2. The third kappa shape index (κ3) is 4.39. The minimum Gasteiger partial charge on any atom is -0.504 e. The zero-order chi connectivity index (χ0) is 27.7. The topological polar surface area (TPSA) is 157 Å². The van der Waals surface area contributed by atoms with Crippen molar-refractivity contribution in [2.45, 2.75) is 5.92 Å². The Kier molecular flexibility index (Phi) is 7.26. The fourth-order valence-electron chi connectivity index (χ4n) is 4.36. The Balaban J connectivity index is 2.09. The first kappa shape index (κ1) is 26.5. The lowest BCUT2D eigenvalue weighted by Gasteiger charge is -2.31. The fourth-order valence-corrected chi connectivity index (χ4v) is 5.53. The Morgan fingerprint density at radius 3 is 2.21 bits per heavy atom. The number of aromatic nitrogens is 1. The zero-order valence-corrected chi connectivity index (χ0v) is 21.6. The average molecular weight is 541 g/mol. The van der Waals surface area contributed by atoms with Crippen LogP contribution in [0.5, 0.6) is 23.0 Å². The SMILES string of the molecule is COC(=O)C1=c2s/c(=C\c3ccc(O)c(OC)c3)c(=O)n2C(=N)C(C(=O)OC)C1c1ccc(O)c(OC)c1. The molecule has 4 rings (SSSR count). The normalized spacial score (nSPS) is 17.1. The summed E-state index contributed by atoms with van der Waals surface area (Å²) in [6, 6.07) is 8.78. The number of nitrogens with zero attached hydrogens (tertiary/aromatic N) is 1. The number of benzene rings is 2. The van der Waals surface area contributed by atoms with Crippen molar-refractivity contribution in [3.05, 3.63) is 67.1 Å². The van der Waals surface area contributed by atoms with Crippen molar-refractivity contribution in [2.24, 2.45) is 5.92 Å². The molecule has 2 heterocycles. The van der Waals surface area contributed by atoms with Crippen LogP contribution in [0.1, 0.15) is 17.0 Å². The van der Waals surface area contributed by atoms with Crippen LogP contribution >= 0.6 is 11.3 Å². The first-order valence-corrected chi connectivity index (χ1v) is 11.9. The van der Waals surface area contributed by atoms with Crippen molar-refractivity contribution >= 4 is 40.8 Å². The van der Waals surface area contributed by atoms with E-state index in [0.29, 0.717) is 11.1 Å². The van der Waals surface area contributed by atoms with E-state index in [1.165, 1.54) is 57.7 Å². The second-order valence-electron chi connectivity index (χ2n) is 8.19. The number of fused-ring (bicyclic) bond motifs is 1. The van der Waals surface area contributed by atoms with Gasteiger partial charge in [-0.2, -0.15) is 0 Å². The Bertz CT molecular complexity index is 1640. The number of thiazole rings is 1. The summed E-state index contributed by atoms with van der Waals surface area (Å²) in [4.78, 5) is 39.7. The third-order valence-electron chi connectivity index (χ3n) is 6.16. The third-order valence-corrected chi connectivity index (χ3v) is 7.27. The number of phenols is 2. The first-order chi connectivity index (χ1) is 18.2. The van der Waals surface area contributed by atoms with Crippen LogP contribution in [0.25, 0.3) is 11.6 Å². The van der Waals surface area contributed by atoms with E-state index in [-0.39, 0.29) is 43.6 Å². The molecular weight excluding hydrogens is 516 g/mol. The van der Waals surface area contributed by atoms with E-state index < -0.39 is 29.3 Å². The van der Waals surface area contributed by atoms with Gasteiger partial charge in [-0.3, -0.25) is 19.6 Å². The standard InChI is InChI=1S/C26H24N2O9S/c1-34-16-9-12(5-7-14(16)29)10-18-23(31)28-22(27)20(25(32)36-3)19(21(24(28)38-18)26(33)37-4)13-6-8-15(30)17(11-13)35-2/h5-11,19-20,27,29-30H,1-4H3/b18-10-,27-22?. The molecular formula is C26H24N2O9S. The Morgan fingerprint density at radius 2 is 1.61 bits per heavy atom. The molecule has 38 heavy (non-hydrogen) atoms. The summed E-state index contributed by atoms with van der Waals surface area (Å²) >= 11 is 0.943. The summed E-state index contributed by atoms with van der Waals surface area (Å²) in [7, 11) is 5.05. The maximum Gasteiger partial charge on any atom is 0.337 e. The average Bonchev–Trinajstić information content (AvgIpc) is 3.24. The van der Waals surface area contributed by atoms with Gasteiger partial charge in [-0.25, -0.2) is 4.79 Å². The number of phenolic OH excluding ortho intramolecular Hbond substituents is 2. The Hall–Kier alpha value is -4.58. The van der Waals surface area contributed by atoms with Crippen molar-refractivity contribution in [1.29, 1.82) is 5.41 Å². The van der Waals surface area contributed by atoms with E-state index in [4.69, 9.17) is 24.4 Å². The Morgan fingerprint density at radius 1 is 0.974 bits per heavy atom. The molecule has 0 spiro atoms. The molecule has 198 valence electrons. The smallest absolute Gasteiger partial charge is 0.337 e. The molecule has 3 N–H and O–H groups in total. The fraction of sp³-hybridized carbons (Fsp3) is 0.231. The van der Waals surface area contributed by atoms with Gasteiger partial charge in [0.1, 0.15) is 16.4 Å². The largest absolute Gasteiger partial charge is 0.504 e. The quantitative estimate of drug-likeness (QED) is 0.387. The molecule has 11 nitrogen and oxygen atoms in total. The summed E-state index contributed by atoms with van der Waals surface area (Å²) in [6.45, 7) is 0. The van der Waals surface area contributed by atoms with Crippen LogP contribution in [0.15, 0.2) is 41.2 Å². The predicted molar refractivity (Wildman–Crippen MR) is 138 cm³/mol.